The first-order valence-electron chi connectivity index (χ1n) is 8.56. The van der Waals surface area contributed by atoms with Gasteiger partial charge in [0.15, 0.2) is 17.8 Å². The van der Waals surface area contributed by atoms with Crippen molar-refractivity contribution in [3.63, 3.8) is 0 Å². The van der Waals surface area contributed by atoms with E-state index in [2.05, 4.69) is 15.0 Å². The van der Waals surface area contributed by atoms with E-state index in [1.165, 1.54) is 17.7 Å². The van der Waals surface area contributed by atoms with E-state index in [9.17, 15) is 4.79 Å². The SMILES string of the molecule is Cc1c(C=O)sc2nccc(N(C)C)c12.Cc1nc2cc(N=CN)ccc2o1. The summed E-state index contributed by atoms with van der Waals surface area (Å²) in [5, 5.41) is 1.09. The standard InChI is InChI=1S/C11H12N2OS.C9H9N3O/c1-7-9(6-14)15-11-10(7)8(13(2)3)4-5-12-11;1-6-12-8-4-7(11-5-10)2-3-9(8)13-6/h4-6H,1-3H3;2-5H,1H3,(H2,10,11). The van der Waals surface area contributed by atoms with E-state index in [4.69, 9.17) is 10.2 Å². The highest BCUT2D eigenvalue weighted by molar-refractivity contribution is 7.20. The molecule has 0 fully saturated rings. The van der Waals surface area contributed by atoms with Crippen LogP contribution in [0.25, 0.3) is 21.3 Å². The molecule has 0 radical (unpaired) electrons. The molecule has 8 heteroatoms. The van der Waals surface area contributed by atoms with E-state index < -0.39 is 0 Å². The molecule has 0 saturated carbocycles. The lowest BCUT2D eigenvalue weighted by molar-refractivity contribution is 0.112. The largest absolute Gasteiger partial charge is 0.441 e. The maximum Gasteiger partial charge on any atom is 0.192 e. The second kappa shape index (κ2) is 8.18. The Bertz CT molecular complexity index is 1160. The van der Waals surface area contributed by atoms with Gasteiger partial charge in [-0.15, -0.1) is 11.3 Å². The van der Waals surface area contributed by atoms with Gasteiger partial charge < -0.3 is 15.1 Å². The summed E-state index contributed by atoms with van der Waals surface area (Å²) < 4.78 is 5.31. The van der Waals surface area contributed by atoms with Gasteiger partial charge in [-0.1, -0.05) is 0 Å². The molecule has 2 N–H and O–H groups in total. The van der Waals surface area contributed by atoms with Crippen molar-refractivity contribution in [2.75, 3.05) is 19.0 Å². The summed E-state index contributed by atoms with van der Waals surface area (Å²) in [5.41, 5.74) is 9.68. The normalized spacial score (nSPS) is 11.0. The molecule has 7 nitrogen and oxygen atoms in total. The number of hydrogen-bond donors (Lipinski definition) is 1. The van der Waals surface area contributed by atoms with Gasteiger partial charge in [-0.05, 0) is 36.8 Å². The first kappa shape index (κ1) is 19.5. The van der Waals surface area contributed by atoms with Crippen molar-refractivity contribution in [1.82, 2.24) is 9.97 Å². The number of carbonyl (C=O) groups is 1. The van der Waals surface area contributed by atoms with E-state index in [-0.39, 0.29) is 0 Å². The molecule has 4 aromatic rings. The molecule has 144 valence electrons. The topological polar surface area (TPSA) is 97.6 Å². The van der Waals surface area contributed by atoms with Crippen molar-refractivity contribution in [2.24, 2.45) is 10.7 Å². The van der Waals surface area contributed by atoms with E-state index in [1.807, 2.05) is 57.1 Å². The summed E-state index contributed by atoms with van der Waals surface area (Å²) in [4.78, 5) is 27.0. The fraction of sp³-hybridized carbons (Fsp3) is 0.200. The molecule has 1 aromatic carbocycles. The molecular formula is C20H21N5O2S. The van der Waals surface area contributed by atoms with Crippen molar-refractivity contribution in [2.45, 2.75) is 13.8 Å². The Hall–Kier alpha value is -3.26. The highest BCUT2D eigenvalue weighted by Crippen LogP contribution is 2.34. The average molecular weight is 395 g/mol. The minimum Gasteiger partial charge on any atom is -0.441 e. The molecule has 3 aromatic heterocycles. The van der Waals surface area contributed by atoms with E-state index in [1.54, 1.807) is 6.20 Å². The second-order valence-corrected chi connectivity index (χ2v) is 7.31. The number of aromatic nitrogens is 2. The van der Waals surface area contributed by atoms with Crippen LogP contribution in [0.5, 0.6) is 0 Å². The quantitative estimate of drug-likeness (QED) is 0.317. The summed E-state index contributed by atoms with van der Waals surface area (Å²) in [7, 11) is 3.99. The van der Waals surface area contributed by atoms with Crippen LogP contribution < -0.4 is 10.6 Å². The molecule has 0 unspecified atom stereocenters. The maximum atomic E-state index is 10.8. The van der Waals surface area contributed by atoms with Gasteiger partial charge in [-0.2, -0.15) is 0 Å². The van der Waals surface area contributed by atoms with Crippen LogP contribution in [0.3, 0.4) is 0 Å². The highest BCUT2D eigenvalue weighted by Gasteiger charge is 2.13. The fourth-order valence-electron chi connectivity index (χ4n) is 2.85. The highest BCUT2D eigenvalue weighted by atomic mass is 32.1. The number of fused-ring (bicyclic) bond motifs is 2. The predicted octanol–water partition coefficient (Wildman–Crippen LogP) is 4.24. The average Bonchev–Trinajstić information content (AvgIpc) is 3.20. The first-order valence-corrected chi connectivity index (χ1v) is 9.38. The van der Waals surface area contributed by atoms with Crippen molar-refractivity contribution in [3.8, 4) is 0 Å². The van der Waals surface area contributed by atoms with Gasteiger partial charge in [0, 0.05) is 38.3 Å². The number of thiophene rings is 1. The third kappa shape index (κ3) is 3.86. The van der Waals surface area contributed by atoms with Crippen LogP contribution in [0.15, 0.2) is 39.9 Å². The summed E-state index contributed by atoms with van der Waals surface area (Å²) in [6.07, 6.45) is 3.94. The number of aliphatic imine (C=N–C) groups is 1. The number of carbonyl (C=O) groups excluding carboxylic acids is 1. The zero-order valence-corrected chi connectivity index (χ0v) is 16.9. The Labute approximate surface area is 166 Å². The molecular weight excluding hydrogens is 374 g/mol. The van der Waals surface area contributed by atoms with Crippen LogP contribution in [0.1, 0.15) is 21.1 Å². The number of oxazole rings is 1. The fourth-order valence-corrected chi connectivity index (χ4v) is 3.83. The van der Waals surface area contributed by atoms with Crippen LogP contribution in [0, 0.1) is 13.8 Å². The van der Waals surface area contributed by atoms with Crippen molar-refractivity contribution in [3.05, 3.63) is 46.8 Å². The molecule has 0 amide bonds. The molecule has 0 spiro atoms. The van der Waals surface area contributed by atoms with Crippen LogP contribution in [0.4, 0.5) is 11.4 Å². The number of aldehydes is 1. The summed E-state index contributed by atoms with van der Waals surface area (Å²) in [5.74, 6) is 0.656. The maximum absolute atomic E-state index is 10.8. The van der Waals surface area contributed by atoms with Gasteiger partial charge >= 0.3 is 0 Å². The number of pyridine rings is 1. The second-order valence-electron chi connectivity index (χ2n) is 6.28. The van der Waals surface area contributed by atoms with E-state index >= 15 is 0 Å². The minimum absolute atomic E-state index is 0.656. The van der Waals surface area contributed by atoms with Gasteiger partial charge in [0.05, 0.1) is 16.9 Å². The molecule has 3 heterocycles. The number of rotatable bonds is 3. The number of aryl methyl sites for hydroxylation is 2. The van der Waals surface area contributed by atoms with E-state index in [0.717, 1.165) is 49.4 Å². The predicted molar refractivity (Wildman–Crippen MR) is 115 cm³/mol. The smallest absolute Gasteiger partial charge is 0.192 e. The van der Waals surface area contributed by atoms with Gasteiger partial charge in [0.2, 0.25) is 0 Å². The zero-order chi connectivity index (χ0) is 20.3. The third-order valence-corrected chi connectivity index (χ3v) is 5.26. The Morgan fingerprint density at radius 1 is 1.25 bits per heavy atom. The molecule has 0 atom stereocenters. The Kier molecular flexibility index (Phi) is 5.70. The molecule has 4 rings (SSSR count). The zero-order valence-electron chi connectivity index (χ0n) is 16.1. The van der Waals surface area contributed by atoms with Crippen molar-refractivity contribution in [1.29, 1.82) is 0 Å². The molecule has 0 bridgehead atoms. The monoisotopic (exact) mass is 395 g/mol. The van der Waals surface area contributed by atoms with Gasteiger partial charge in [-0.3, -0.25) is 4.79 Å². The van der Waals surface area contributed by atoms with Crippen LogP contribution >= 0.6 is 11.3 Å². The van der Waals surface area contributed by atoms with Crippen LogP contribution in [0.2, 0.25) is 0 Å². The van der Waals surface area contributed by atoms with Crippen LogP contribution in [-0.4, -0.2) is 36.7 Å². The molecule has 0 aliphatic rings. The first-order chi connectivity index (χ1) is 13.4. The number of benzene rings is 1. The minimum atomic E-state index is 0.656. The third-order valence-electron chi connectivity index (χ3n) is 4.14. The lowest BCUT2D eigenvalue weighted by Crippen LogP contribution is -2.09. The van der Waals surface area contributed by atoms with Gasteiger partial charge in [0.1, 0.15) is 10.3 Å². The Balaban J connectivity index is 0.000000162. The molecule has 28 heavy (non-hydrogen) atoms. The Morgan fingerprint density at radius 3 is 2.71 bits per heavy atom. The lowest BCUT2D eigenvalue weighted by atomic mass is 10.1. The van der Waals surface area contributed by atoms with Crippen LogP contribution in [-0.2, 0) is 0 Å². The number of anilines is 1. The number of nitrogens with zero attached hydrogens (tertiary/aromatic N) is 4. The van der Waals surface area contributed by atoms with Gasteiger partial charge in [-0.25, -0.2) is 15.0 Å². The lowest BCUT2D eigenvalue weighted by Gasteiger charge is -2.13. The number of nitrogens with two attached hydrogens (primary N) is 1. The molecule has 0 saturated heterocycles. The molecule has 0 aliphatic carbocycles. The molecule has 0 aliphatic heterocycles. The number of hydrogen-bond acceptors (Lipinski definition) is 7. The summed E-state index contributed by atoms with van der Waals surface area (Å²) in [6.45, 7) is 3.78. The van der Waals surface area contributed by atoms with E-state index in [0.29, 0.717) is 5.89 Å². The van der Waals surface area contributed by atoms with Crippen molar-refractivity contribution >= 4 is 56.7 Å². The summed E-state index contributed by atoms with van der Waals surface area (Å²) >= 11 is 1.45. The van der Waals surface area contributed by atoms with Crippen molar-refractivity contribution < 1.29 is 9.21 Å². The van der Waals surface area contributed by atoms with Gasteiger partial charge in [0.25, 0.3) is 0 Å². The Morgan fingerprint density at radius 2 is 2.04 bits per heavy atom. The summed E-state index contributed by atoms with van der Waals surface area (Å²) in [6, 6.07) is 7.46.